The molecule has 0 unspecified atom stereocenters. The van der Waals surface area contributed by atoms with Gasteiger partial charge in [0.05, 0.1) is 12.2 Å². The van der Waals surface area contributed by atoms with E-state index in [0.29, 0.717) is 22.9 Å². The maximum atomic E-state index is 8.72. The minimum absolute atomic E-state index is 0.0109. The van der Waals surface area contributed by atoms with Gasteiger partial charge in [-0.2, -0.15) is 0 Å². The van der Waals surface area contributed by atoms with Crippen LogP contribution in [0.5, 0.6) is 5.75 Å². The average molecular weight is 271 g/mol. The van der Waals surface area contributed by atoms with Crippen LogP contribution in [0.3, 0.4) is 0 Å². The monoisotopic (exact) mass is 270 g/mol. The van der Waals surface area contributed by atoms with Crippen molar-refractivity contribution in [3.05, 3.63) is 28.8 Å². The van der Waals surface area contributed by atoms with E-state index in [1.807, 2.05) is 0 Å². The minimum Gasteiger partial charge on any atom is -0.493 e. The Morgan fingerprint density at radius 1 is 1.44 bits per heavy atom. The van der Waals surface area contributed by atoms with Crippen LogP contribution >= 0.6 is 11.6 Å². The van der Waals surface area contributed by atoms with Crippen molar-refractivity contribution >= 4 is 17.4 Å². The lowest BCUT2D eigenvalue weighted by Crippen LogP contribution is -2.16. The molecule has 4 nitrogen and oxygen atoms in total. The number of hydrogen-bond donors (Lipinski definition) is 2. The summed E-state index contributed by atoms with van der Waals surface area (Å²) in [4.78, 5) is 0. The van der Waals surface area contributed by atoms with Gasteiger partial charge in [0.25, 0.3) is 0 Å². The van der Waals surface area contributed by atoms with E-state index in [4.69, 9.17) is 27.3 Å². The van der Waals surface area contributed by atoms with E-state index in [1.54, 1.807) is 18.2 Å². The summed E-state index contributed by atoms with van der Waals surface area (Å²) in [6.45, 7) is 6.99. The van der Waals surface area contributed by atoms with Gasteiger partial charge in [-0.05, 0) is 30.0 Å². The molecule has 0 aromatic heterocycles. The van der Waals surface area contributed by atoms with Crippen molar-refractivity contribution in [3.8, 4) is 5.75 Å². The zero-order chi connectivity index (χ0) is 13.8. The fourth-order valence-electron chi connectivity index (χ4n) is 1.35. The molecule has 0 saturated carbocycles. The Morgan fingerprint density at radius 2 is 2.11 bits per heavy atom. The number of nitrogens with two attached hydrogens (primary N) is 1. The van der Waals surface area contributed by atoms with Crippen molar-refractivity contribution in [2.45, 2.75) is 27.2 Å². The van der Waals surface area contributed by atoms with Gasteiger partial charge >= 0.3 is 0 Å². The number of ether oxygens (including phenoxy) is 1. The van der Waals surface area contributed by atoms with Gasteiger partial charge in [-0.15, -0.1) is 0 Å². The van der Waals surface area contributed by atoms with Crippen LogP contribution < -0.4 is 10.5 Å². The van der Waals surface area contributed by atoms with Gasteiger partial charge in [0.2, 0.25) is 0 Å². The van der Waals surface area contributed by atoms with Crippen LogP contribution in [0.2, 0.25) is 5.02 Å². The molecule has 0 aliphatic rings. The number of benzene rings is 1. The van der Waals surface area contributed by atoms with E-state index in [-0.39, 0.29) is 11.3 Å². The maximum Gasteiger partial charge on any atom is 0.173 e. The fourth-order valence-corrected chi connectivity index (χ4v) is 1.52. The highest BCUT2D eigenvalue weighted by Gasteiger charge is 2.13. The van der Waals surface area contributed by atoms with Crippen molar-refractivity contribution in [2.24, 2.45) is 16.3 Å². The molecule has 0 fully saturated rings. The lowest BCUT2D eigenvalue weighted by Gasteiger charge is -2.19. The van der Waals surface area contributed by atoms with Crippen LogP contribution in [-0.4, -0.2) is 17.6 Å². The molecule has 0 radical (unpaired) electrons. The Bertz CT molecular complexity index is 439. The Kier molecular flexibility index (Phi) is 4.84. The summed E-state index contributed by atoms with van der Waals surface area (Å²) in [5.74, 6) is 0.558. The van der Waals surface area contributed by atoms with Crippen molar-refractivity contribution in [1.29, 1.82) is 0 Å². The Balaban J connectivity index is 2.82. The molecule has 0 heterocycles. The van der Waals surface area contributed by atoms with Gasteiger partial charge < -0.3 is 15.7 Å². The number of halogens is 1. The smallest absolute Gasteiger partial charge is 0.173 e. The first-order chi connectivity index (χ1) is 8.33. The highest BCUT2D eigenvalue weighted by atomic mass is 35.5. The van der Waals surface area contributed by atoms with E-state index < -0.39 is 0 Å². The molecular formula is C13H19ClN2O2. The maximum absolute atomic E-state index is 8.72. The predicted molar refractivity (Wildman–Crippen MR) is 73.5 cm³/mol. The van der Waals surface area contributed by atoms with E-state index in [0.717, 1.165) is 6.42 Å². The fraction of sp³-hybridized carbons (Fsp3) is 0.462. The normalized spacial score (nSPS) is 12.6. The standard InChI is InChI=1S/C13H19ClN2O2/c1-13(2,3)6-7-18-11-5-4-9(14)8-10(11)12(15)16-17/h4-5,8,17H,6-7H2,1-3H3,(H2,15,16). The molecule has 0 saturated heterocycles. The molecule has 1 aromatic rings. The quantitative estimate of drug-likeness (QED) is 0.382. The summed E-state index contributed by atoms with van der Waals surface area (Å²) in [6, 6.07) is 5.05. The van der Waals surface area contributed by atoms with Gasteiger partial charge in [0.15, 0.2) is 5.84 Å². The van der Waals surface area contributed by atoms with E-state index in [9.17, 15) is 0 Å². The molecule has 0 aliphatic heterocycles. The van der Waals surface area contributed by atoms with E-state index >= 15 is 0 Å². The topological polar surface area (TPSA) is 67.8 Å². The molecule has 100 valence electrons. The second-order valence-corrected chi connectivity index (χ2v) is 5.72. The van der Waals surface area contributed by atoms with Crippen molar-refractivity contribution in [3.63, 3.8) is 0 Å². The zero-order valence-electron chi connectivity index (χ0n) is 10.9. The number of nitrogens with zero attached hydrogens (tertiary/aromatic N) is 1. The van der Waals surface area contributed by atoms with E-state index in [1.165, 1.54) is 0 Å². The highest BCUT2D eigenvalue weighted by molar-refractivity contribution is 6.31. The van der Waals surface area contributed by atoms with E-state index in [2.05, 4.69) is 25.9 Å². The highest BCUT2D eigenvalue weighted by Crippen LogP contribution is 2.24. The van der Waals surface area contributed by atoms with Crippen molar-refractivity contribution < 1.29 is 9.94 Å². The molecule has 0 aliphatic carbocycles. The number of amidine groups is 1. The second kappa shape index (κ2) is 5.96. The van der Waals surface area contributed by atoms with Gasteiger partial charge in [0.1, 0.15) is 5.75 Å². The van der Waals surface area contributed by atoms with Crippen LogP contribution in [-0.2, 0) is 0 Å². The summed E-state index contributed by atoms with van der Waals surface area (Å²) in [5.41, 5.74) is 6.28. The SMILES string of the molecule is CC(C)(C)CCOc1ccc(Cl)cc1C(N)=NO. The molecule has 3 N–H and O–H groups in total. The van der Waals surface area contributed by atoms with Crippen LogP contribution in [0.1, 0.15) is 32.8 Å². The number of oxime groups is 1. The van der Waals surface area contributed by atoms with Crippen molar-refractivity contribution in [1.82, 2.24) is 0 Å². The molecule has 0 atom stereocenters. The largest absolute Gasteiger partial charge is 0.493 e. The molecule has 0 bridgehead atoms. The molecule has 18 heavy (non-hydrogen) atoms. The van der Waals surface area contributed by atoms with Gasteiger partial charge in [-0.3, -0.25) is 0 Å². The summed E-state index contributed by atoms with van der Waals surface area (Å²) in [7, 11) is 0. The average Bonchev–Trinajstić information content (AvgIpc) is 2.28. The lowest BCUT2D eigenvalue weighted by atomic mass is 9.93. The summed E-state index contributed by atoms with van der Waals surface area (Å²) in [6.07, 6.45) is 0.908. The summed E-state index contributed by atoms with van der Waals surface area (Å²) in [5, 5.41) is 12.2. The third kappa shape index (κ3) is 4.45. The van der Waals surface area contributed by atoms with Crippen LogP contribution in [0.25, 0.3) is 0 Å². The zero-order valence-corrected chi connectivity index (χ0v) is 11.7. The minimum atomic E-state index is -0.0109. The van der Waals surface area contributed by atoms with Gasteiger partial charge in [0, 0.05) is 5.02 Å². The number of hydrogen-bond acceptors (Lipinski definition) is 3. The second-order valence-electron chi connectivity index (χ2n) is 5.28. The summed E-state index contributed by atoms with van der Waals surface area (Å²) >= 11 is 5.88. The Labute approximate surface area is 112 Å². The third-order valence-electron chi connectivity index (χ3n) is 2.43. The molecule has 0 spiro atoms. The predicted octanol–water partition coefficient (Wildman–Crippen LogP) is 3.25. The Morgan fingerprint density at radius 3 is 2.67 bits per heavy atom. The van der Waals surface area contributed by atoms with Crippen LogP contribution in [0.15, 0.2) is 23.4 Å². The van der Waals surface area contributed by atoms with Gasteiger partial charge in [-0.1, -0.05) is 37.5 Å². The van der Waals surface area contributed by atoms with Crippen LogP contribution in [0, 0.1) is 5.41 Å². The van der Waals surface area contributed by atoms with Gasteiger partial charge in [-0.25, -0.2) is 0 Å². The molecule has 1 rings (SSSR count). The first-order valence-electron chi connectivity index (χ1n) is 5.74. The van der Waals surface area contributed by atoms with Crippen LogP contribution in [0.4, 0.5) is 0 Å². The lowest BCUT2D eigenvalue weighted by molar-refractivity contribution is 0.242. The molecule has 0 amide bonds. The first-order valence-corrected chi connectivity index (χ1v) is 6.11. The summed E-state index contributed by atoms with van der Waals surface area (Å²) < 4.78 is 5.66. The Hall–Kier alpha value is -1.42. The molecular weight excluding hydrogens is 252 g/mol. The van der Waals surface area contributed by atoms with Crippen molar-refractivity contribution in [2.75, 3.05) is 6.61 Å². The first kappa shape index (κ1) is 14.6. The number of rotatable bonds is 4. The molecule has 5 heteroatoms. The third-order valence-corrected chi connectivity index (χ3v) is 2.67. The molecule has 1 aromatic carbocycles.